The number of anilines is 1. The molecule has 0 spiro atoms. The van der Waals surface area contributed by atoms with Gasteiger partial charge in [-0.15, -0.1) is 0 Å². The first-order valence-electron chi connectivity index (χ1n) is 10.7. The minimum atomic E-state index is -0.215. The topological polar surface area (TPSA) is 92.8 Å². The molecule has 0 unspecified atom stereocenters. The highest BCUT2D eigenvalue weighted by Crippen LogP contribution is 2.24. The highest BCUT2D eigenvalue weighted by molar-refractivity contribution is 9.10. The van der Waals surface area contributed by atoms with E-state index in [0.29, 0.717) is 36.7 Å². The van der Waals surface area contributed by atoms with Gasteiger partial charge >= 0.3 is 0 Å². The Hall–Kier alpha value is -3.74. The Morgan fingerprint density at radius 1 is 1.18 bits per heavy atom. The Kier molecular flexibility index (Phi) is 7.52. The van der Waals surface area contributed by atoms with Gasteiger partial charge in [0.2, 0.25) is 5.88 Å². The number of hydrogen-bond donors (Lipinski definition) is 0. The molecule has 0 atom stereocenters. The van der Waals surface area contributed by atoms with E-state index in [1.807, 2.05) is 37.3 Å². The smallest absolute Gasteiger partial charge is 0.259 e. The molecule has 34 heavy (non-hydrogen) atoms. The molecule has 0 saturated heterocycles. The normalized spacial score (nSPS) is 10.7. The van der Waals surface area contributed by atoms with E-state index >= 15 is 0 Å². The predicted molar refractivity (Wildman–Crippen MR) is 131 cm³/mol. The summed E-state index contributed by atoms with van der Waals surface area (Å²) in [6.07, 6.45) is 3.41. The number of benzene rings is 1. The fourth-order valence-corrected chi connectivity index (χ4v) is 3.77. The van der Waals surface area contributed by atoms with Crippen molar-refractivity contribution in [2.24, 2.45) is 0 Å². The molecule has 0 aliphatic heterocycles. The molecule has 8 nitrogen and oxygen atoms in total. The minimum Gasteiger partial charge on any atom is -0.474 e. The van der Waals surface area contributed by atoms with Crippen LogP contribution in [0.15, 0.2) is 71.5 Å². The molecule has 3 aromatic heterocycles. The van der Waals surface area contributed by atoms with Crippen molar-refractivity contribution in [2.75, 3.05) is 24.7 Å². The van der Waals surface area contributed by atoms with E-state index in [-0.39, 0.29) is 18.4 Å². The van der Waals surface area contributed by atoms with Crippen LogP contribution in [0.1, 0.15) is 28.4 Å². The van der Waals surface area contributed by atoms with Crippen LogP contribution in [0.3, 0.4) is 0 Å². The van der Waals surface area contributed by atoms with Crippen LogP contribution < -0.4 is 9.64 Å². The average molecular weight is 520 g/mol. The number of pyridine rings is 2. The van der Waals surface area contributed by atoms with Gasteiger partial charge in [-0.05, 0) is 52.7 Å². The van der Waals surface area contributed by atoms with Gasteiger partial charge in [-0.3, -0.25) is 9.69 Å². The summed E-state index contributed by atoms with van der Waals surface area (Å²) >= 11 is 3.44. The van der Waals surface area contributed by atoms with E-state index in [9.17, 15) is 10.1 Å². The van der Waals surface area contributed by atoms with Gasteiger partial charge in [-0.25, -0.2) is 4.52 Å². The van der Waals surface area contributed by atoms with Gasteiger partial charge < -0.3 is 9.47 Å². The number of halogens is 1. The number of rotatable bonds is 9. The summed E-state index contributed by atoms with van der Waals surface area (Å²) in [6.45, 7) is 3.29. The first kappa shape index (κ1) is 23.4. The molecular formula is C25H22BrN5O3. The molecule has 9 heteroatoms. The highest BCUT2D eigenvalue weighted by Gasteiger charge is 2.20. The Bertz CT molecular complexity index is 1330. The van der Waals surface area contributed by atoms with Crippen LogP contribution in [0, 0.1) is 11.3 Å². The van der Waals surface area contributed by atoms with Crippen molar-refractivity contribution in [2.45, 2.75) is 13.5 Å². The maximum absolute atomic E-state index is 13.3. The number of nitrogens with zero attached hydrogens (tertiary/aromatic N) is 5. The van der Waals surface area contributed by atoms with Crippen molar-refractivity contribution in [3.05, 3.63) is 88.2 Å². The average Bonchev–Trinajstić information content (AvgIpc) is 3.25. The van der Waals surface area contributed by atoms with Crippen LogP contribution in [0.25, 0.3) is 5.52 Å². The molecule has 1 amide bonds. The second kappa shape index (κ2) is 10.9. The monoisotopic (exact) mass is 519 g/mol. The highest BCUT2D eigenvalue weighted by atomic mass is 79.9. The molecule has 0 fully saturated rings. The van der Waals surface area contributed by atoms with Crippen LogP contribution in [0.5, 0.6) is 5.88 Å². The summed E-state index contributed by atoms with van der Waals surface area (Å²) in [7, 11) is 0. The molecule has 0 aliphatic carbocycles. The second-order valence-electron chi connectivity index (χ2n) is 7.31. The van der Waals surface area contributed by atoms with Gasteiger partial charge in [0.1, 0.15) is 24.1 Å². The molecular weight excluding hydrogens is 498 g/mol. The second-order valence-corrected chi connectivity index (χ2v) is 8.16. The number of aromatic nitrogens is 3. The van der Waals surface area contributed by atoms with Crippen molar-refractivity contribution < 1.29 is 14.3 Å². The van der Waals surface area contributed by atoms with Crippen LogP contribution in [0.2, 0.25) is 0 Å². The number of ether oxygens (including phenoxy) is 2. The Morgan fingerprint density at radius 2 is 2.00 bits per heavy atom. The zero-order valence-corrected chi connectivity index (χ0v) is 20.1. The molecule has 3 heterocycles. The van der Waals surface area contributed by atoms with E-state index < -0.39 is 0 Å². The Balaban J connectivity index is 1.46. The number of carbonyl (C=O) groups is 1. The van der Waals surface area contributed by atoms with Crippen LogP contribution >= 0.6 is 15.9 Å². The third kappa shape index (κ3) is 5.25. The standard InChI is InChI=1S/C25H22BrN5O3/c1-2-30(25(32)19-10-11-31-22(14-19)21(26)16-28-31)23-9-8-20(15-27)24(29-23)34-13-12-33-17-18-6-4-3-5-7-18/h3-11,14,16H,2,12-13,17H2,1H3. The van der Waals surface area contributed by atoms with Crippen LogP contribution in [-0.4, -0.2) is 40.3 Å². The summed E-state index contributed by atoms with van der Waals surface area (Å²) in [6, 6.07) is 18.7. The number of amides is 1. The van der Waals surface area contributed by atoms with E-state index in [1.54, 1.807) is 41.2 Å². The van der Waals surface area contributed by atoms with Gasteiger partial charge in [0.25, 0.3) is 5.91 Å². The maximum Gasteiger partial charge on any atom is 0.259 e. The first-order valence-corrected chi connectivity index (χ1v) is 11.5. The van der Waals surface area contributed by atoms with Gasteiger partial charge in [-0.1, -0.05) is 30.3 Å². The van der Waals surface area contributed by atoms with Crippen molar-refractivity contribution in [1.82, 2.24) is 14.6 Å². The summed E-state index contributed by atoms with van der Waals surface area (Å²) in [5.74, 6) is 0.357. The zero-order valence-electron chi connectivity index (χ0n) is 18.5. The van der Waals surface area contributed by atoms with E-state index in [2.05, 4.69) is 32.1 Å². The fraction of sp³-hybridized carbons (Fsp3) is 0.200. The predicted octanol–water partition coefficient (Wildman–Crippen LogP) is 4.63. The van der Waals surface area contributed by atoms with Gasteiger partial charge in [0, 0.05) is 18.3 Å². The quantitative estimate of drug-likeness (QED) is 0.299. The SMILES string of the molecule is CCN(C(=O)c1ccn2ncc(Br)c2c1)c1ccc(C#N)c(OCCOCc2ccccc2)n1. The largest absolute Gasteiger partial charge is 0.474 e. The number of fused-ring (bicyclic) bond motifs is 1. The van der Waals surface area contributed by atoms with Gasteiger partial charge in [-0.2, -0.15) is 15.3 Å². The molecule has 0 bridgehead atoms. The Labute approximate surface area is 205 Å². The number of carbonyl (C=O) groups excluding carboxylic acids is 1. The van der Waals surface area contributed by atoms with E-state index in [4.69, 9.17) is 9.47 Å². The van der Waals surface area contributed by atoms with Crippen molar-refractivity contribution in [3.8, 4) is 11.9 Å². The number of nitriles is 1. The molecule has 4 aromatic rings. The molecule has 0 radical (unpaired) electrons. The van der Waals surface area contributed by atoms with E-state index in [1.165, 1.54) is 4.90 Å². The third-order valence-electron chi connectivity index (χ3n) is 5.10. The van der Waals surface area contributed by atoms with Crippen molar-refractivity contribution in [1.29, 1.82) is 5.26 Å². The number of hydrogen-bond acceptors (Lipinski definition) is 6. The van der Waals surface area contributed by atoms with Crippen molar-refractivity contribution in [3.63, 3.8) is 0 Å². The van der Waals surface area contributed by atoms with Crippen LogP contribution in [0.4, 0.5) is 5.82 Å². The Morgan fingerprint density at radius 3 is 2.76 bits per heavy atom. The lowest BCUT2D eigenvalue weighted by Crippen LogP contribution is -2.31. The lowest BCUT2D eigenvalue weighted by atomic mass is 10.2. The van der Waals surface area contributed by atoms with Crippen molar-refractivity contribution >= 4 is 33.2 Å². The lowest BCUT2D eigenvalue weighted by molar-refractivity contribution is 0.0873. The molecule has 1 aromatic carbocycles. The minimum absolute atomic E-state index is 0.170. The molecule has 0 N–H and O–H groups in total. The van der Waals surface area contributed by atoms with Crippen LogP contribution in [-0.2, 0) is 11.3 Å². The first-order chi connectivity index (χ1) is 16.6. The zero-order chi connectivity index (χ0) is 23.9. The molecule has 0 saturated carbocycles. The van der Waals surface area contributed by atoms with Gasteiger partial charge in [0.05, 0.1) is 29.4 Å². The summed E-state index contributed by atoms with van der Waals surface area (Å²) in [5, 5.41) is 13.7. The summed E-state index contributed by atoms with van der Waals surface area (Å²) in [4.78, 5) is 19.3. The molecule has 4 rings (SSSR count). The lowest BCUT2D eigenvalue weighted by Gasteiger charge is -2.21. The maximum atomic E-state index is 13.3. The van der Waals surface area contributed by atoms with E-state index in [0.717, 1.165) is 15.6 Å². The van der Waals surface area contributed by atoms with Gasteiger partial charge in [0.15, 0.2) is 0 Å². The third-order valence-corrected chi connectivity index (χ3v) is 5.71. The fourth-order valence-electron chi connectivity index (χ4n) is 3.39. The summed E-state index contributed by atoms with van der Waals surface area (Å²) < 4.78 is 13.9. The molecule has 0 aliphatic rings. The molecule has 172 valence electrons. The summed E-state index contributed by atoms with van der Waals surface area (Å²) in [5.41, 5.74) is 2.64.